The van der Waals surface area contributed by atoms with Crippen molar-refractivity contribution in [2.75, 3.05) is 5.32 Å². The molecule has 0 aliphatic heterocycles. The van der Waals surface area contributed by atoms with E-state index >= 15 is 0 Å². The summed E-state index contributed by atoms with van der Waals surface area (Å²) in [4.78, 5) is 17.7. The first-order valence-corrected chi connectivity index (χ1v) is 12.0. The lowest BCUT2D eigenvalue weighted by Gasteiger charge is -2.28. The molecule has 0 radical (unpaired) electrons. The summed E-state index contributed by atoms with van der Waals surface area (Å²) in [5.41, 5.74) is 7.55. The minimum Gasteiger partial charge on any atom is -0.323 e. The molecule has 176 valence electrons. The summed E-state index contributed by atoms with van der Waals surface area (Å²) in [6.45, 7) is 3.97. The van der Waals surface area contributed by atoms with E-state index in [1.165, 1.54) is 17.2 Å². The van der Waals surface area contributed by atoms with E-state index in [-0.39, 0.29) is 11.9 Å². The molecular formula is C30H25N5O. The van der Waals surface area contributed by atoms with E-state index in [0.29, 0.717) is 22.5 Å². The molecule has 0 unspecified atom stereocenters. The average molecular weight is 472 g/mol. The van der Waals surface area contributed by atoms with E-state index in [2.05, 4.69) is 46.3 Å². The van der Waals surface area contributed by atoms with E-state index in [0.717, 1.165) is 41.6 Å². The molecule has 2 aromatic heterocycles. The zero-order valence-corrected chi connectivity index (χ0v) is 20.2. The molecule has 0 spiro atoms. The van der Waals surface area contributed by atoms with Gasteiger partial charge in [0.05, 0.1) is 28.9 Å². The molecule has 36 heavy (non-hydrogen) atoms. The standard InChI is InChI=1S/C30H25N5O/c1-19-16-20(2)33-30-29(19)25(18-32)27(14-15-28(36)34-23-12-10-21(17-31)11-13-23)35(30)26-9-5-7-22-6-3-4-8-24(22)26/h3-4,6,8,10-16,26H,5,7,9H2,1-2H3,(H,34,36)/t26-/m0/s1. The van der Waals surface area contributed by atoms with Crippen LogP contribution in [0.1, 0.15) is 58.1 Å². The van der Waals surface area contributed by atoms with Gasteiger partial charge in [-0.15, -0.1) is 0 Å². The maximum absolute atomic E-state index is 12.8. The topological polar surface area (TPSA) is 94.5 Å². The fourth-order valence-corrected chi connectivity index (χ4v) is 5.22. The molecule has 2 heterocycles. The van der Waals surface area contributed by atoms with Crippen molar-refractivity contribution < 1.29 is 4.79 Å². The smallest absolute Gasteiger partial charge is 0.248 e. The van der Waals surface area contributed by atoms with Gasteiger partial charge in [0.2, 0.25) is 5.91 Å². The van der Waals surface area contributed by atoms with Crippen LogP contribution in [0, 0.1) is 36.5 Å². The quantitative estimate of drug-likeness (QED) is 0.371. The van der Waals surface area contributed by atoms with Gasteiger partial charge in [0, 0.05) is 22.8 Å². The predicted octanol–water partition coefficient (Wildman–Crippen LogP) is 5.97. The van der Waals surface area contributed by atoms with E-state index < -0.39 is 0 Å². The van der Waals surface area contributed by atoms with Crippen LogP contribution in [0.25, 0.3) is 17.1 Å². The fraction of sp³-hybridized carbons (Fsp3) is 0.200. The number of nitriles is 2. The Bertz CT molecular complexity index is 1600. The minimum atomic E-state index is -0.315. The third-order valence-electron chi connectivity index (χ3n) is 6.75. The van der Waals surface area contributed by atoms with Gasteiger partial charge in [0.25, 0.3) is 0 Å². The van der Waals surface area contributed by atoms with Crippen LogP contribution in [0.5, 0.6) is 0 Å². The number of fused-ring (bicyclic) bond motifs is 2. The summed E-state index contributed by atoms with van der Waals surface area (Å²) < 4.78 is 2.15. The van der Waals surface area contributed by atoms with Gasteiger partial charge < -0.3 is 9.88 Å². The molecule has 4 aromatic rings. The summed E-state index contributed by atoms with van der Waals surface area (Å²) in [5, 5.41) is 22.9. The molecule has 1 N–H and O–H groups in total. The van der Waals surface area contributed by atoms with Gasteiger partial charge in [-0.25, -0.2) is 4.98 Å². The van der Waals surface area contributed by atoms with E-state index in [1.54, 1.807) is 30.3 Å². The number of nitrogens with one attached hydrogen (secondary N) is 1. The zero-order chi connectivity index (χ0) is 25.2. The van der Waals surface area contributed by atoms with Crippen molar-refractivity contribution in [1.82, 2.24) is 9.55 Å². The largest absolute Gasteiger partial charge is 0.323 e. The van der Waals surface area contributed by atoms with Crippen LogP contribution in [0.3, 0.4) is 0 Å². The van der Waals surface area contributed by atoms with Gasteiger partial charge in [-0.2, -0.15) is 10.5 Å². The van der Waals surface area contributed by atoms with Crippen LogP contribution in [0.2, 0.25) is 0 Å². The van der Waals surface area contributed by atoms with Gasteiger partial charge in [-0.1, -0.05) is 24.3 Å². The number of amides is 1. The molecule has 2 aromatic carbocycles. The molecule has 0 bridgehead atoms. The lowest BCUT2D eigenvalue weighted by atomic mass is 9.87. The third-order valence-corrected chi connectivity index (χ3v) is 6.75. The molecular weight excluding hydrogens is 446 g/mol. The van der Waals surface area contributed by atoms with Crippen molar-refractivity contribution in [3.05, 3.63) is 99.9 Å². The summed E-state index contributed by atoms with van der Waals surface area (Å²) in [6.07, 6.45) is 6.18. The molecule has 5 rings (SSSR count). The molecule has 1 aliphatic carbocycles. The van der Waals surface area contributed by atoms with Crippen molar-refractivity contribution in [2.45, 2.75) is 39.2 Å². The Morgan fingerprint density at radius 2 is 1.89 bits per heavy atom. The number of hydrogen-bond acceptors (Lipinski definition) is 4. The third kappa shape index (κ3) is 4.15. The van der Waals surface area contributed by atoms with Gasteiger partial charge in [0.15, 0.2) is 0 Å². The molecule has 6 nitrogen and oxygen atoms in total. The van der Waals surface area contributed by atoms with Crippen molar-refractivity contribution in [3.8, 4) is 12.1 Å². The lowest BCUT2D eigenvalue weighted by molar-refractivity contribution is -0.111. The number of carbonyl (C=O) groups is 1. The van der Waals surface area contributed by atoms with Crippen LogP contribution >= 0.6 is 0 Å². The molecule has 0 saturated carbocycles. The number of carbonyl (C=O) groups excluding carboxylic acids is 1. The summed E-state index contributed by atoms with van der Waals surface area (Å²) >= 11 is 0. The maximum atomic E-state index is 12.8. The van der Waals surface area contributed by atoms with Gasteiger partial charge >= 0.3 is 0 Å². The van der Waals surface area contributed by atoms with Crippen molar-refractivity contribution >= 4 is 28.7 Å². The highest BCUT2D eigenvalue weighted by Crippen LogP contribution is 2.39. The van der Waals surface area contributed by atoms with Crippen LogP contribution in [-0.2, 0) is 11.2 Å². The lowest BCUT2D eigenvalue weighted by Crippen LogP contribution is -2.19. The van der Waals surface area contributed by atoms with E-state index in [1.807, 2.05) is 19.9 Å². The van der Waals surface area contributed by atoms with Crippen LogP contribution in [0.4, 0.5) is 5.69 Å². The number of nitrogens with zero attached hydrogens (tertiary/aromatic N) is 4. The Morgan fingerprint density at radius 1 is 1.11 bits per heavy atom. The SMILES string of the molecule is Cc1cc(C)c2c(C#N)c(C=CC(=O)Nc3ccc(C#N)cc3)n([C@H]3CCCc4ccccc43)c2n1. The fourth-order valence-electron chi connectivity index (χ4n) is 5.22. The molecule has 0 saturated heterocycles. The zero-order valence-electron chi connectivity index (χ0n) is 20.2. The summed E-state index contributed by atoms with van der Waals surface area (Å²) in [5.74, 6) is -0.315. The molecule has 1 amide bonds. The van der Waals surface area contributed by atoms with Gasteiger partial charge in [-0.05, 0) is 86.2 Å². The number of aromatic nitrogens is 2. The first-order chi connectivity index (χ1) is 17.5. The minimum absolute atomic E-state index is 0.0227. The molecule has 1 aliphatic rings. The van der Waals surface area contributed by atoms with Crippen LogP contribution in [-0.4, -0.2) is 15.5 Å². The Morgan fingerprint density at radius 3 is 2.64 bits per heavy atom. The number of rotatable bonds is 4. The Hall–Kier alpha value is -4.68. The first-order valence-electron chi connectivity index (χ1n) is 12.0. The first kappa shape index (κ1) is 23.1. The van der Waals surface area contributed by atoms with Crippen LogP contribution < -0.4 is 5.32 Å². The van der Waals surface area contributed by atoms with E-state index in [4.69, 9.17) is 10.2 Å². The second kappa shape index (κ2) is 9.52. The maximum Gasteiger partial charge on any atom is 0.248 e. The molecule has 0 fully saturated rings. The molecule has 6 heteroatoms. The Kier molecular flexibility index (Phi) is 6.10. The molecule has 1 atom stereocenters. The van der Waals surface area contributed by atoms with Crippen molar-refractivity contribution in [2.24, 2.45) is 0 Å². The number of anilines is 1. The highest BCUT2D eigenvalue weighted by atomic mass is 16.1. The number of benzene rings is 2. The second-order valence-electron chi connectivity index (χ2n) is 9.14. The normalized spacial score (nSPS) is 14.8. The van der Waals surface area contributed by atoms with Crippen molar-refractivity contribution in [1.29, 1.82) is 10.5 Å². The predicted molar refractivity (Wildman–Crippen MR) is 140 cm³/mol. The van der Waals surface area contributed by atoms with Crippen molar-refractivity contribution in [3.63, 3.8) is 0 Å². The second-order valence-corrected chi connectivity index (χ2v) is 9.14. The van der Waals surface area contributed by atoms with Gasteiger partial charge in [-0.3, -0.25) is 4.79 Å². The number of aryl methyl sites for hydroxylation is 3. The van der Waals surface area contributed by atoms with E-state index in [9.17, 15) is 10.1 Å². The number of hydrogen-bond donors (Lipinski definition) is 1. The summed E-state index contributed by atoms with van der Waals surface area (Å²) in [7, 11) is 0. The Balaban J connectivity index is 1.63. The highest BCUT2D eigenvalue weighted by Gasteiger charge is 2.28. The van der Waals surface area contributed by atoms with Crippen LogP contribution in [0.15, 0.2) is 60.7 Å². The summed E-state index contributed by atoms with van der Waals surface area (Å²) in [6, 6.07) is 21.6. The monoisotopic (exact) mass is 471 g/mol. The highest BCUT2D eigenvalue weighted by molar-refractivity contribution is 6.03. The average Bonchev–Trinajstić information content (AvgIpc) is 3.20. The number of pyridine rings is 1. The Labute approximate surface area is 210 Å². The van der Waals surface area contributed by atoms with Gasteiger partial charge in [0.1, 0.15) is 11.7 Å².